The summed E-state index contributed by atoms with van der Waals surface area (Å²) in [7, 11) is 0. The number of halogens is 1. The van der Waals surface area contributed by atoms with Gasteiger partial charge in [-0.25, -0.2) is 0 Å². The zero-order chi connectivity index (χ0) is 21.7. The largest absolute Gasteiger partial charge is 0.399 e. The fourth-order valence-electron chi connectivity index (χ4n) is 5.22. The number of amides is 1. The molecule has 30 heavy (non-hydrogen) atoms. The molecule has 0 fully saturated rings. The molecule has 0 saturated carbocycles. The van der Waals surface area contributed by atoms with E-state index in [1.807, 2.05) is 6.08 Å². The predicted octanol–water partition coefficient (Wildman–Crippen LogP) is 2.69. The highest BCUT2D eigenvalue weighted by Crippen LogP contribution is 2.62. The third-order valence-electron chi connectivity index (χ3n) is 6.46. The quantitative estimate of drug-likeness (QED) is 0.694. The zero-order valence-electron chi connectivity index (χ0n) is 16.4. The lowest BCUT2D eigenvalue weighted by atomic mass is 9.48. The minimum absolute atomic E-state index is 0.140. The Labute approximate surface area is 183 Å². The Hall–Kier alpha value is -3.12. The van der Waals surface area contributed by atoms with Crippen molar-refractivity contribution in [2.45, 2.75) is 18.8 Å². The van der Waals surface area contributed by atoms with Crippen molar-refractivity contribution in [3.8, 4) is 18.2 Å². The molecule has 0 saturated heterocycles. The molecule has 1 aromatic carbocycles. The number of rotatable bonds is 2. The van der Waals surface area contributed by atoms with Crippen molar-refractivity contribution in [1.82, 2.24) is 4.90 Å². The van der Waals surface area contributed by atoms with Crippen molar-refractivity contribution >= 4 is 27.5 Å². The molecule has 3 N–H and O–H groups in total. The van der Waals surface area contributed by atoms with Crippen molar-refractivity contribution in [3.63, 3.8) is 0 Å². The zero-order valence-corrected chi connectivity index (χ0v) is 18.0. The number of anilines is 1. The molecule has 0 unspecified atom stereocenters. The van der Waals surface area contributed by atoms with Gasteiger partial charge in [0.25, 0.3) is 0 Å². The third kappa shape index (κ3) is 2.28. The molecule has 7 nitrogen and oxygen atoms in total. The minimum atomic E-state index is -2.01. The number of nitriles is 3. The first-order valence-corrected chi connectivity index (χ1v) is 10.5. The lowest BCUT2D eigenvalue weighted by molar-refractivity contribution is -0.125. The van der Waals surface area contributed by atoms with Gasteiger partial charge in [0.1, 0.15) is 11.5 Å². The van der Waals surface area contributed by atoms with Crippen LogP contribution in [0, 0.1) is 45.3 Å². The molecular weight excluding hydrogens is 444 g/mol. The number of nitrogens with one attached hydrogen (secondary N) is 1. The summed E-state index contributed by atoms with van der Waals surface area (Å²) in [6, 6.07) is 11.6. The van der Waals surface area contributed by atoms with E-state index in [9.17, 15) is 20.6 Å². The van der Waals surface area contributed by atoms with Gasteiger partial charge in [-0.2, -0.15) is 15.8 Å². The molecule has 1 aromatic rings. The predicted molar refractivity (Wildman–Crippen MR) is 113 cm³/mol. The first-order valence-electron chi connectivity index (χ1n) is 9.68. The van der Waals surface area contributed by atoms with Crippen LogP contribution in [-0.2, 0) is 10.2 Å². The molecule has 0 bridgehead atoms. The topological polar surface area (TPSA) is 130 Å². The number of fused-ring (bicyclic) bond motifs is 4. The summed E-state index contributed by atoms with van der Waals surface area (Å²) >= 11 is 3.46. The number of benzene rings is 1. The van der Waals surface area contributed by atoms with Crippen LogP contribution in [0.1, 0.15) is 18.9 Å². The number of carbonyl (C=O) groups is 1. The van der Waals surface area contributed by atoms with Gasteiger partial charge >= 0.3 is 0 Å². The van der Waals surface area contributed by atoms with Gasteiger partial charge in [0.2, 0.25) is 11.3 Å². The molecular formula is C22H19BrN6O. The number of carbonyl (C=O) groups excluding carboxylic acids is 1. The van der Waals surface area contributed by atoms with Crippen LogP contribution in [0.2, 0.25) is 0 Å². The van der Waals surface area contributed by atoms with Gasteiger partial charge in [-0.05, 0) is 42.3 Å². The molecule has 150 valence electrons. The molecule has 1 spiro atoms. The van der Waals surface area contributed by atoms with Gasteiger partial charge in [0, 0.05) is 29.2 Å². The van der Waals surface area contributed by atoms with E-state index in [-0.39, 0.29) is 11.3 Å². The molecule has 0 radical (unpaired) electrons. The summed E-state index contributed by atoms with van der Waals surface area (Å²) in [5.41, 5.74) is 4.55. The number of nitrogens with two attached hydrogens (primary N) is 1. The SMILES string of the molecule is CCCN1CC=C2C(C#N)=C(N)C(C#N)(C#N)[C@@]3(C(=O)Nc4ccc(Br)cc43)[C@H]2C1. The van der Waals surface area contributed by atoms with Gasteiger partial charge in [0.15, 0.2) is 0 Å². The Morgan fingerprint density at radius 2 is 2.07 bits per heavy atom. The van der Waals surface area contributed by atoms with Crippen LogP contribution in [0.15, 0.2) is 45.6 Å². The summed E-state index contributed by atoms with van der Waals surface area (Å²) in [5.74, 6) is -0.998. The van der Waals surface area contributed by atoms with Gasteiger partial charge in [0.05, 0.1) is 23.4 Å². The highest BCUT2D eigenvalue weighted by Gasteiger charge is 2.71. The van der Waals surface area contributed by atoms with Crippen LogP contribution in [-0.4, -0.2) is 30.4 Å². The highest BCUT2D eigenvalue weighted by molar-refractivity contribution is 9.10. The summed E-state index contributed by atoms with van der Waals surface area (Å²) < 4.78 is 0.724. The average molecular weight is 463 g/mol. The van der Waals surface area contributed by atoms with Crippen LogP contribution >= 0.6 is 15.9 Å². The van der Waals surface area contributed by atoms with Crippen LogP contribution in [0.25, 0.3) is 0 Å². The number of hydrogen-bond acceptors (Lipinski definition) is 6. The fourth-order valence-corrected chi connectivity index (χ4v) is 5.58. The maximum atomic E-state index is 13.7. The first kappa shape index (κ1) is 20.2. The lowest BCUT2D eigenvalue weighted by Gasteiger charge is -2.51. The third-order valence-corrected chi connectivity index (χ3v) is 6.95. The van der Waals surface area contributed by atoms with E-state index in [4.69, 9.17) is 5.73 Å². The Balaban J connectivity index is 2.14. The van der Waals surface area contributed by atoms with E-state index in [0.717, 1.165) is 17.4 Å². The number of nitrogens with zero attached hydrogens (tertiary/aromatic N) is 4. The van der Waals surface area contributed by atoms with Crippen molar-refractivity contribution in [1.29, 1.82) is 15.8 Å². The Morgan fingerprint density at radius 1 is 1.33 bits per heavy atom. The van der Waals surface area contributed by atoms with Crippen LogP contribution in [0.4, 0.5) is 5.69 Å². The summed E-state index contributed by atoms with van der Waals surface area (Å²) in [5, 5.41) is 33.3. The number of hydrogen-bond donors (Lipinski definition) is 2. The molecule has 2 heterocycles. The second kappa shape index (κ2) is 6.99. The second-order valence-electron chi connectivity index (χ2n) is 7.80. The Kier molecular flexibility index (Phi) is 4.70. The maximum absolute atomic E-state index is 13.7. The molecule has 1 amide bonds. The van der Waals surface area contributed by atoms with Crippen molar-refractivity contribution in [2.75, 3.05) is 25.0 Å². The standard InChI is InChI=1S/C22H19BrN6O/c1-2-6-29-7-5-14-15(9-24)19(27)21(11-25,12-26)22(17(14)10-29)16-8-13(23)3-4-18(16)28-20(22)30/h3-5,8,17H,2,6-7,10,27H2,1H3,(H,28,30)/t17-,22+/m0/s1. The summed E-state index contributed by atoms with van der Waals surface area (Å²) in [6.45, 7) is 3.93. The molecule has 4 rings (SSSR count). The molecule has 1 aliphatic carbocycles. The van der Waals surface area contributed by atoms with Crippen LogP contribution in [0.3, 0.4) is 0 Å². The van der Waals surface area contributed by atoms with E-state index >= 15 is 0 Å². The van der Waals surface area contributed by atoms with E-state index < -0.39 is 22.7 Å². The van der Waals surface area contributed by atoms with E-state index in [1.165, 1.54) is 0 Å². The Morgan fingerprint density at radius 3 is 2.70 bits per heavy atom. The van der Waals surface area contributed by atoms with Gasteiger partial charge in [-0.3, -0.25) is 9.69 Å². The molecule has 2 atom stereocenters. The highest BCUT2D eigenvalue weighted by atomic mass is 79.9. The molecule has 2 aliphatic heterocycles. The summed E-state index contributed by atoms with van der Waals surface area (Å²) in [6.07, 6.45) is 2.83. The van der Waals surface area contributed by atoms with Crippen LogP contribution < -0.4 is 11.1 Å². The average Bonchev–Trinajstić information content (AvgIpc) is 3.03. The van der Waals surface area contributed by atoms with E-state index in [2.05, 4.69) is 51.3 Å². The van der Waals surface area contributed by atoms with Crippen molar-refractivity contribution in [2.24, 2.45) is 17.1 Å². The second-order valence-corrected chi connectivity index (χ2v) is 8.71. The first-order chi connectivity index (χ1) is 14.4. The lowest BCUT2D eigenvalue weighted by Crippen LogP contribution is -2.62. The minimum Gasteiger partial charge on any atom is -0.399 e. The van der Waals surface area contributed by atoms with E-state index in [1.54, 1.807) is 18.2 Å². The van der Waals surface area contributed by atoms with Gasteiger partial charge in [-0.1, -0.05) is 28.9 Å². The van der Waals surface area contributed by atoms with Crippen molar-refractivity contribution in [3.05, 3.63) is 51.2 Å². The van der Waals surface area contributed by atoms with E-state index in [0.29, 0.717) is 29.9 Å². The van der Waals surface area contributed by atoms with Crippen LogP contribution in [0.5, 0.6) is 0 Å². The molecule has 0 aromatic heterocycles. The Bertz CT molecular complexity index is 1130. The normalized spacial score (nSPS) is 26.7. The van der Waals surface area contributed by atoms with Gasteiger partial charge in [-0.15, -0.1) is 0 Å². The molecule has 8 heteroatoms. The van der Waals surface area contributed by atoms with Crippen molar-refractivity contribution < 1.29 is 4.79 Å². The summed E-state index contributed by atoms with van der Waals surface area (Å²) in [4.78, 5) is 15.9. The fraction of sp³-hybridized carbons (Fsp3) is 0.364. The number of allylic oxidation sites excluding steroid dienone is 2. The molecule has 3 aliphatic rings. The van der Waals surface area contributed by atoms with Gasteiger partial charge < -0.3 is 11.1 Å². The maximum Gasteiger partial charge on any atom is 0.238 e. The monoisotopic (exact) mass is 462 g/mol. The smallest absolute Gasteiger partial charge is 0.238 e.